The van der Waals surface area contributed by atoms with Gasteiger partial charge in [0.05, 0.1) is 18.2 Å². The summed E-state index contributed by atoms with van der Waals surface area (Å²) >= 11 is 1.15. The fourth-order valence-electron chi connectivity index (χ4n) is 1.74. The Kier molecular flexibility index (Phi) is 5.42. The molecule has 0 saturated carbocycles. The van der Waals surface area contributed by atoms with Gasteiger partial charge in [-0.05, 0) is 36.4 Å². The van der Waals surface area contributed by atoms with Crippen LogP contribution in [0.4, 0.5) is 16.0 Å². The molecule has 8 nitrogen and oxygen atoms in total. The van der Waals surface area contributed by atoms with Crippen LogP contribution in [0.1, 0.15) is 5.76 Å². The smallest absolute Gasteiger partial charge is 0.240 e. The molecule has 128 valence electrons. The molecule has 0 unspecified atom stereocenters. The highest BCUT2D eigenvalue weighted by Gasteiger charge is 2.08. The monoisotopic (exact) mass is 360 g/mol. The SMILES string of the molecule is O=C(CSc1n[nH]c(N/N=C\c2ccco2)n1)Nc1ccc(F)cc1. The topological polar surface area (TPSA) is 108 Å². The van der Waals surface area contributed by atoms with Gasteiger partial charge < -0.3 is 9.73 Å². The third-order valence-electron chi connectivity index (χ3n) is 2.83. The number of anilines is 2. The number of hydrogen-bond donors (Lipinski definition) is 3. The molecule has 10 heteroatoms. The zero-order chi connectivity index (χ0) is 17.5. The maximum atomic E-state index is 12.8. The first kappa shape index (κ1) is 16.7. The Morgan fingerprint density at radius 3 is 2.96 bits per heavy atom. The molecule has 2 aromatic heterocycles. The predicted octanol–water partition coefficient (Wildman–Crippen LogP) is 2.71. The first-order valence-corrected chi connectivity index (χ1v) is 8.11. The number of H-pyrrole nitrogens is 1. The van der Waals surface area contributed by atoms with E-state index < -0.39 is 0 Å². The van der Waals surface area contributed by atoms with E-state index in [0.717, 1.165) is 11.8 Å². The highest BCUT2D eigenvalue weighted by molar-refractivity contribution is 7.99. The minimum Gasteiger partial charge on any atom is -0.463 e. The second-order valence-electron chi connectivity index (χ2n) is 4.70. The quantitative estimate of drug-likeness (QED) is 0.340. The van der Waals surface area contributed by atoms with Gasteiger partial charge in [-0.2, -0.15) is 10.1 Å². The summed E-state index contributed by atoms with van der Waals surface area (Å²) < 4.78 is 17.9. The molecule has 3 N–H and O–H groups in total. The number of aromatic nitrogens is 3. The highest BCUT2D eigenvalue weighted by atomic mass is 32.2. The van der Waals surface area contributed by atoms with Gasteiger partial charge in [0.15, 0.2) is 0 Å². The lowest BCUT2D eigenvalue weighted by molar-refractivity contribution is -0.113. The van der Waals surface area contributed by atoms with E-state index in [0.29, 0.717) is 22.6 Å². The number of furan rings is 1. The Hall–Kier alpha value is -3.14. The van der Waals surface area contributed by atoms with Gasteiger partial charge in [0.1, 0.15) is 11.6 Å². The van der Waals surface area contributed by atoms with Gasteiger partial charge >= 0.3 is 0 Å². The number of nitrogens with zero attached hydrogens (tertiary/aromatic N) is 3. The van der Waals surface area contributed by atoms with Crippen LogP contribution in [0, 0.1) is 5.82 Å². The molecule has 0 aliphatic carbocycles. The first-order valence-electron chi connectivity index (χ1n) is 7.12. The Morgan fingerprint density at radius 2 is 2.20 bits per heavy atom. The molecule has 0 aliphatic heterocycles. The summed E-state index contributed by atoms with van der Waals surface area (Å²) in [7, 11) is 0. The van der Waals surface area contributed by atoms with Crippen molar-refractivity contribution < 1.29 is 13.6 Å². The molecule has 3 rings (SSSR count). The van der Waals surface area contributed by atoms with Gasteiger partial charge in [-0.1, -0.05) is 11.8 Å². The van der Waals surface area contributed by atoms with Crippen molar-refractivity contribution in [2.45, 2.75) is 5.16 Å². The van der Waals surface area contributed by atoms with E-state index in [9.17, 15) is 9.18 Å². The molecule has 0 atom stereocenters. The fraction of sp³-hybridized carbons (Fsp3) is 0.0667. The van der Waals surface area contributed by atoms with Crippen LogP contribution in [-0.4, -0.2) is 33.1 Å². The standard InChI is InChI=1S/C15H13FN6O2S/c16-10-3-5-11(6-4-10)18-13(23)9-25-15-19-14(21-22-15)20-17-8-12-2-1-7-24-12/h1-8H,9H2,(H,18,23)(H2,19,20,21,22)/b17-8-. The van der Waals surface area contributed by atoms with E-state index in [1.807, 2.05) is 0 Å². The summed E-state index contributed by atoms with van der Waals surface area (Å²) in [4.78, 5) is 16.0. The molecular formula is C15H13FN6O2S. The largest absolute Gasteiger partial charge is 0.463 e. The second-order valence-corrected chi connectivity index (χ2v) is 5.64. The molecule has 25 heavy (non-hydrogen) atoms. The number of benzene rings is 1. The number of hydrazone groups is 1. The number of rotatable bonds is 7. The zero-order valence-electron chi connectivity index (χ0n) is 12.8. The maximum absolute atomic E-state index is 12.8. The zero-order valence-corrected chi connectivity index (χ0v) is 13.6. The van der Waals surface area contributed by atoms with Crippen molar-refractivity contribution >= 4 is 35.5 Å². The lowest BCUT2D eigenvalue weighted by Gasteiger charge is -2.03. The molecule has 2 heterocycles. The van der Waals surface area contributed by atoms with Crippen LogP contribution in [0.3, 0.4) is 0 Å². The summed E-state index contributed by atoms with van der Waals surface area (Å²) in [5.74, 6) is 0.447. The van der Waals surface area contributed by atoms with Crippen molar-refractivity contribution in [2.24, 2.45) is 5.10 Å². The van der Waals surface area contributed by atoms with Crippen molar-refractivity contribution in [3.63, 3.8) is 0 Å². The van der Waals surface area contributed by atoms with Crippen LogP contribution < -0.4 is 10.7 Å². The second kappa shape index (κ2) is 8.11. The molecule has 1 amide bonds. The van der Waals surface area contributed by atoms with Gasteiger partial charge in [-0.25, -0.2) is 14.9 Å². The molecule has 0 radical (unpaired) electrons. The van der Waals surface area contributed by atoms with Crippen molar-refractivity contribution in [3.8, 4) is 0 Å². The van der Waals surface area contributed by atoms with Crippen molar-refractivity contribution in [2.75, 3.05) is 16.5 Å². The Morgan fingerprint density at radius 1 is 1.36 bits per heavy atom. The van der Waals surface area contributed by atoms with Crippen LogP contribution >= 0.6 is 11.8 Å². The third kappa shape index (κ3) is 5.18. The fourth-order valence-corrected chi connectivity index (χ4v) is 2.34. The number of aromatic amines is 1. The molecular weight excluding hydrogens is 347 g/mol. The number of hydrogen-bond acceptors (Lipinski definition) is 7. The molecule has 0 fully saturated rings. The summed E-state index contributed by atoms with van der Waals surface area (Å²) in [6.07, 6.45) is 3.03. The van der Waals surface area contributed by atoms with Crippen LogP contribution in [0.15, 0.2) is 57.3 Å². The van der Waals surface area contributed by atoms with E-state index >= 15 is 0 Å². The Bertz CT molecular complexity index is 847. The predicted molar refractivity (Wildman–Crippen MR) is 92.1 cm³/mol. The average molecular weight is 360 g/mol. The number of carbonyl (C=O) groups is 1. The molecule has 0 saturated heterocycles. The van der Waals surface area contributed by atoms with Gasteiger partial charge in [0.25, 0.3) is 0 Å². The van der Waals surface area contributed by atoms with Gasteiger partial charge in [-0.15, -0.1) is 5.10 Å². The van der Waals surface area contributed by atoms with Gasteiger partial charge in [-0.3, -0.25) is 4.79 Å². The van der Waals surface area contributed by atoms with Crippen molar-refractivity contribution in [3.05, 3.63) is 54.2 Å². The van der Waals surface area contributed by atoms with Crippen molar-refractivity contribution in [1.82, 2.24) is 15.2 Å². The Labute approximate surface area is 145 Å². The number of carbonyl (C=O) groups excluding carboxylic acids is 1. The normalized spacial score (nSPS) is 10.9. The first-order chi connectivity index (χ1) is 12.2. The lowest BCUT2D eigenvalue weighted by atomic mass is 10.3. The van der Waals surface area contributed by atoms with Crippen LogP contribution in [0.2, 0.25) is 0 Å². The number of thioether (sulfide) groups is 1. The molecule has 0 aliphatic rings. The molecule has 0 bridgehead atoms. The average Bonchev–Trinajstić information content (AvgIpc) is 3.27. The highest BCUT2D eigenvalue weighted by Crippen LogP contribution is 2.15. The van der Waals surface area contributed by atoms with E-state index in [1.165, 1.54) is 30.5 Å². The number of nitrogens with one attached hydrogen (secondary N) is 3. The maximum Gasteiger partial charge on any atom is 0.240 e. The van der Waals surface area contributed by atoms with Gasteiger partial charge in [0, 0.05) is 5.69 Å². The van der Waals surface area contributed by atoms with Crippen LogP contribution in [0.5, 0.6) is 0 Å². The number of halogens is 1. The molecule has 3 aromatic rings. The number of amides is 1. The summed E-state index contributed by atoms with van der Waals surface area (Å²) in [5.41, 5.74) is 3.19. The summed E-state index contributed by atoms with van der Waals surface area (Å²) in [6, 6.07) is 9.04. The summed E-state index contributed by atoms with van der Waals surface area (Å²) in [5, 5.41) is 13.6. The lowest BCUT2D eigenvalue weighted by Crippen LogP contribution is -2.14. The van der Waals surface area contributed by atoms with Crippen LogP contribution in [0.25, 0.3) is 0 Å². The third-order valence-corrected chi connectivity index (χ3v) is 3.68. The van der Waals surface area contributed by atoms with E-state index in [1.54, 1.807) is 18.4 Å². The van der Waals surface area contributed by atoms with E-state index in [4.69, 9.17) is 4.42 Å². The van der Waals surface area contributed by atoms with E-state index in [-0.39, 0.29) is 17.5 Å². The van der Waals surface area contributed by atoms with Crippen LogP contribution in [-0.2, 0) is 4.79 Å². The minimum absolute atomic E-state index is 0.115. The summed E-state index contributed by atoms with van der Waals surface area (Å²) in [6.45, 7) is 0. The minimum atomic E-state index is -0.358. The molecule has 0 spiro atoms. The Balaban J connectivity index is 1.44. The molecule has 1 aromatic carbocycles. The van der Waals surface area contributed by atoms with Gasteiger partial charge in [0.2, 0.25) is 17.0 Å². The van der Waals surface area contributed by atoms with E-state index in [2.05, 4.69) is 31.0 Å². The van der Waals surface area contributed by atoms with Crippen molar-refractivity contribution in [1.29, 1.82) is 0 Å².